The summed E-state index contributed by atoms with van der Waals surface area (Å²) < 4.78 is 30.0. The average molecular weight is 333 g/mol. The summed E-state index contributed by atoms with van der Waals surface area (Å²) in [5, 5.41) is 1.97. The standard InChI is InChI=1S/C19H19BN4O/c1-13-23(3)16-8-4-5-9-17(16)24(13)20-11-18-15(12-22(20)2)14-7-6-10-21-19(14)25-18/h4-13H,1-3H3/t13-/m0/s1/i3D3. The molecule has 5 nitrogen and oxygen atoms in total. The van der Waals surface area contributed by atoms with E-state index in [1.807, 2.05) is 62.5 Å². The van der Waals surface area contributed by atoms with Crippen molar-refractivity contribution in [3.8, 4) is 0 Å². The van der Waals surface area contributed by atoms with Crippen molar-refractivity contribution in [2.45, 2.75) is 13.1 Å². The summed E-state index contributed by atoms with van der Waals surface area (Å²) in [6.07, 6.45) is 3.41. The predicted octanol–water partition coefficient (Wildman–Crippen LogP) is 1.62. The fraction of sp³-hybridized carbons (Fsp3) is 0.211. The first kappa shape index (κ1) is 11.6. The summed E-state index contributed by atoms with van der Waals surface area (Å²) in [6, 6.07) is 11.5. The summed E-state index contributed by atoms with van der Waals surface area (Å²) in [5.41, 5.74) is 2.97. The number of furan rings is 1. The van der Waals surface area contributed by atoms with E-state index >= 15 is 0 Å². The molecule has 0 spiro atoms. The lowest BCUT2D eigenvalue weighted by Crippen LogP contribution is -2.56. The Morgan fingerprint density at radius 1 is 1.20 bits per heavy atom. The Kier molecular flexibility index (Phi) is 2.35. The maximum atomic E-state index is 8.01. The van der Waals surface area contributed by atoms with E-state index in [4.69, 9.17) is 8.53 Å². The quantitative estimate of drug-likeness (QED) is 0.633. The van der Waals surface area contributed by atoms with Crippen LogP contribution in [0.15, 0.2) is 47.0 Å². The van der Waals surface area contributed by atoms with Gasteiger partial charge < -0.3 is 18.9 Å². The molecule has 3 aromatic rings. The molecule has 1 aromatic carbocycles. The maximum Gasteiger partial charge on any atom is 0.408 e. The molecule has 2 aliphatic rings. The van der Waals surface area contributed by atoms with Gasteiger partial charge >= 0.3 is 6.98 Å². The zero-order chi connectivity index (χ0) is 19.6. The van der Waals surface area contributed by atoms with Gasteiger partial charge in [-0.05, 0) is 44.2 Å². The van der Waals surface area contributed by atoms with Crippen LogP contribution in [0.2, 0.25) is 0 Å². The number of hydrogen-bond donors (Lipinski definition) is 0. The fourth-order valence-electron chi connectivity index (χ4n) is 3.81. The Balaban J connectivity index is 1.67. The molecule has 25 heavy (non-hydrogen) atoms. The number of anilines is 2. The number of hydrogen-bond acceptors (Lipinski definition) is 5. The zero-order valence-electron chi connectivity index (χ0n) is 17.0. The molecule has 0 N–H and O–H groups in total. The van der Waals surface area contributed by atoms with Crippen LogP contribution in [0.4, 0.5) is 11.4 Å². The monoisotopic (exact) mass is 333 g/mol. The molecule has 4 heterocycles. The lowest BCUT2D eigenvalue weighted by Gasteiger charge is -2.36. The van der Waals surface area contributed by atoms with Gasteiger partial charge in [-0.1, -0.05) is 12.1 Å². The van der Waals surface area contributed by atoms with Gasteiger partial charge in [0.05, 0.1) is 17.5 Å². The number of benzene rings is 1. The van der Waals surface area contributed by atoms with Gasteiger partial charge in [-0.2, -0.15) is 0 Å². The second-order valence-corrected chi connectivity index (χ2v) is 6.51. The van der Waals surface area contributed by atoms with Crippen LogP contribution in [-0.2, 0) is 0 Å². The molecule has 124 valence electrons. The lowest BCUT2D eigenvalue weighted by molar-refractivity contribution is 0.561. The largest absolute Gasteiger partial charge is 0.439 e. The first-order valence-electron chi connectivity index (χ1n) is 9.82. The molecule has 0 saturated carbocycles. The summed E-state index contributed by atoms with van der Waals surface area (Å²) in [7, 11) is 1.99. The van der Waals surface area contributed by atoms with E-state index in [2.05, 4.69) is 14.6 Å². The lowest BCUT2D eigenvalue weighted by atomic mass is 9.69. The van der Waals surface area contributed by atoms with Crippen LogP contribution in [0.5, 0.6) is 0 Å². The minimum Gasteiger partial charge on any atom is -0.439 e. The van der Waals surface area contributed by atoms with E-state index in [0.717, 1.165) is 21.7 Å². The molecule has 0 bridgehead atoms. The van der Waals surface area contributed by atoms with Crippen molar-refractivity contribution in [1.82, 2.24) is 9.79 Å². The Morgan fingerprint density at radius 2 is 2.04 bits per heavy atom. The summed E-state index contributed by atoms with van der Waals surface area (Å²) in [4.78, 5) is 10.0. The Hall–Kier alpha value is -2.89. The van der Waals surface area contributed by atoms with Gasteiger partial charge in [0.25, 0.3) is 0 Å². The van der Waals surface area contributed by atoms with Crippen LogP contribution in [0.1, 0.15) is 11.0 Å². The topological polar surface area (TPSA) is 35.8 Å². The average Bonchev–Trinajstić information content (AvgIpc) is 3.15. The molecule has 1 atom stereocenters. The van der Waals surface area contributed by atoms with Gasteiger partial charge in [0.1, 0.15) is 5.42 Å². The van der Waals surface area contributed by atoms with Crippen LogP contribution >= 0.6 is 0 Å². The second kappa shape index (κ2) is 5.05. The first-order chi connectivity index (χ1) is 13.4. The molecule has 6 heteroatoms. The van der Waals surface area contributed by atoms with Crippen molar-refractivity contribution in [1.29, 1.82) is 0 Å². The Bertz CT molecular complexity index is 1190. The smallest absolute Gasteiger partial charge is 0.408 e. The highest BCUT2D eigenvalue weighted by Gasteiger charge is 2.39. The number of para-hydroxylation sites is 2. The first-order valence-corrected chi connectivity index (χ1v) is 8.32. The number of rotatable bonds is 1. The number of pyridine rings is 1. The van der Waals surface area contributed by atoms with Crippen molar-refractivity contribution >= 4 is 41.6 Å². The van der Waals surface area contributed by atoms with Crippen LogP contribution in [0, 0.1) is 0 Å². The van der Waals surface area contributed by atoms with E-state index in [-0.39, 0.29) is 13.1 Å². The SMILES string of the molecule is [2H]C([2H])([2H])N1c2ccccc2N(B2C=c3oc4ncccc4c3=CN2C)[C@H]1C. The predicted molar refractivity (Wildman–Crippen MR) is 102 cm³/mol. The van der Waals surface area contributed by atoms with Crippen molar-refractivity contribution in [3.05, 3.63) is 53.2 Å². The third-order valence-corrected chi connectivity index (χ3v) is 5.06. The van der Waals surface area contributed by atoms with Crippen molar-refractivity contribution in [2.75, 3.05) is 23.7 Å². The number of aromatic nitrogens is 1. The fourth-order valence-corrected chi connectivity index (χ4v) is 3.81. The van der Waals surface area contributed by atoms with Crippen molar-refractivity contribution in [3.63, 3.8) is 0 Å². The Morgan fingerprint density at radius 3 is 2.88 bits per heavy atom. The van der Waals surface area contributed by atoms with Crippen LogP contribution in [0.25, 0.3) is 23.3 Å². The second-order valence-electron chi connectivity index (χ2n) is 6.51. The summed E-state index contributed by atoms with van der Waals surface area (Å²) >= 11 is 0. The third kappa shape index (κ3) is 1.94. The zero-order valence-corrected chi connectivity index (χ0v) is 14.0. The maximum absolute atomic E-state index is 8.01. The molecule has 0 saturated heterocycles. The van der Waals surface area contributed by atoms with Gasteiger partial charge in [0.15, 0.2) is 0 Å². The van der Waals surface area contributed by atoms with Gasteiger partial charge in [-0.25, -0.2) is 4.98 Å². The molecule has 0 unspecified atom stereocenters. The van der Waals surface area contributed by atoms with Gasteiger partial charge in [-0.15, -0.1) is 0 Å². The molecule has 2 aromatic heterocycles. The minimum absolute atomic E-state index is 0.184. The van der Waals surface area contributed by atoms with Gasteiger partial charge in [-0.3, -0.25) is 0 Å². The summed E-state index contributed by atoms with van der Waals surface area (Å²) in [5.74, 6) is 2.04. The van der Waals surface area contributed by atoms with Crippen LogP contribution in [-0.4, -0.2) is 37.0 Å². The highest BCUT2D eigenvalue weighted by atomic mass is 16.3. The van der Waals surface area contributed by atoms with Crippen molar-refractivity contribution in [2.24, 2.45) is 0 Å². The van der Waals surface area contributed by atoms with E-state index in [0.29, 0.717) is 11.4 Å². The molecule has 0 radical (unpaired) electrons. The van der Waals surface area contributed by atoms with Gasteiger partial charge in [0, 0.05) is 34.1 Å². The molecule has 0 aliphatic carbocycles. The van der Waals surface area contributed by atoms with E-state index < -0.39 is 6.98 Å². The van der Waals surface area contributed by atoms with Crippen LogP contribution in [0.3, 0.4) is 0 Å². The number of fused-ring (bicyclic) bond motifs is 4. The minimum atomic E-state index is -2.23. The van der Waals surface area contributed by atoms with E-state index in [1.54, 1.807) is 6.20 Å². The molecule has 5 rings (SSSR count). The molecule has 0 fully saturated rings. The highest BCUT2D eigenvalue weighted by molar-refractivity contribution is 6.75. The van der Waals surface area contributed by atoms with Crippen LogP contribution < -0.4 is 20.3 Å². The highest BCUT2D eigenvalue weighted by Crippen LogP contribution is 2.39. The van der Waals surface area contributed by atoms with Crippen molar-refractivity contribution < 1.29 is 8.53 Å². The number of nitrogens with zero attached hydrogens (tertiary/aromatic N) is 4. The summed E-state index contributed by atoms with van der Waals surface area (Å²) in [6.45, 7) is -0.490. The molecule has 0 amide bonds. The molecule has 2 aliphatic heterocycles. The third-order valence-electron chi connectivity index (χ3n) is 5.06. The van der Waals surface area contributed by atoms with E-state index in [9.17, 15) is 0 Å². The normalized spacial score (nSPS) is 21.2. The Labute approximate surface area is 150 Å². The molecular weight excluding hydrogens is 311 g/mol. The van der Waals surface area contributed by atoms with E-state index in [1.165, 1.54) is 4.90 Å². The molecular formula is C19H19BN4O. The van der Waals surface area contributed by atoms with Gasteiger partial charge in [0.2, 0.25) is 5.71 Å².